The lowest BCUT2D eigenvalue weighted by molar-refractivity contribution is -0.137. The van der Waals surface area contributed by atoms with Crippen LogP contribution in [0.4, 0.5) is 0 Å². The standard InChI is InChI=1S/C15H19ClN2O4/c1-4-21-15(20)8-11(3)17-18-14(19)9-22-13-6-5-12(16)7-10(13)2/h5-8,17H,4,9H2,1-3H3,(H,18,19). The fourth-order valence-electron chi connectivity index (χ4n) is 1.52. The number of carbonyl (C=O) groups excluding carboxylic acids is 2. The van der Waals surface area contributed by atoms with Crippen LogP contribution in [0.5, 0.6) is 5.75 Å². The molecule has 0 atom stereocenters. The Kier molecular flexibility index (Phi) is 7.25. The van der Waals surface area contributed by atoms with E-state index in [1.807, 2.05) is 6.92 Å². The van der Waals surface area contributed by atoms with Gasteiger partial charge < -0.3 is 14.9 Å². The second-order valence-corrected chi connectivity index (χ2v) is 4.89. The summed E-state index contributed by atoms with van der Waals surface area (Å²) in [6.07, 6.45) is 1.24. The quantitative estimate of drug-likeness (QED) is 0.456. The first-order valence-corrected chi connectivity index (χ1v) is 7.09. The number of aryl methyl sites for hydroxylation is 1. The van der Waals surface area contributed by atoms with E-state index in [9.17, 15) is 9.59 Å². The first-order chi connectivity index (χ1) is 10.4. The maximum absolute atomic E-state index is 11.6. The third-order valence-electron chi connectivity index (χ3n) is 2.52. The number of hydrazine groups is 1. The molecule has 0 aliphatic heterocycles. The van der Waals surface area contributed by atoms with Gasteiger partial charge in [0.25, 0.3) is 5.91 Å². The molecule has 0 unspecified atom stereocenters. The molecule has 0 saturated carbocycles. The zero-order chi connectivity index (χ0) is 16.5. The molecule has 0 spiro atoms. The molecule has 22 heavy (non-hydrogen) atoms. The van der Waals surface area contributed by atoms with Crippen LogP contribution in [0.1, 0.15) is 19.4 Å². The van der Waals surface area contributed by atoms with Gasteiger partial charge >= 0.3 is 5.97 Å². The lowest BCUT2D eigenvalue weighted by Crippen LogP contribution is -2.39. The first kappa shape index (κ1) is 17.8. The summed E-state index contributed by atoms with van der Waals surface area (Å²) in [6, 6.07) is 5.13. The average Bonchev–Trinajstić information content (AvgIpc) is 2.44. The molecule has 0 fully saturated rings. The summed E-state index contributed by atoms with van der Waals surface area (Å²) >= 11 is 5.84. The van der Waals surface area contributed by atoms with Crippen molar-refractivity contribution >= 4 is 23.5 Å². The van der Waals surface area contributed by atoms with Crippen molar-refractivity contribution in [1.82, 2.24) is 10.9 Å². The van der Waals surface area contributed by atoms with Gasteiger partial charge in [-0.15, -0.1) is 0 Å². The maximum atomic E-state index is 11.6. The van der Waals surface area contributed by atoms with Gasteiger partial charge in [-0.25, -0.2) is 4.79 Å². The Morgan fingerprint density at radius 2 is 2.05 bits per heavy atom. The van der Waals surface area contributed by atoms with E-state index in [1.165, 1.54) is 6.08 Å². The summed E-state index contributed by atoms with van der Waals surface area (Å²) in [4.78, 5) is 22.8. The summed E-state index contributed by atoms with van der Waals surface area (Å²) < 4.78 is 10.1. The fraction of sp³-hybridized carbons (Fsp3) is 0.333. The number of halogens is 1. The molecule has 0 bridgehead atoms. The summed E-state index contributed by atoms with van der Waals surface area (Å²) in [5, 5.41) is 0.607. The molecule has 0 saturated heterocycles. The topological polar surface area (TPSA) is 76.7 Å². The lowest BCUT2D eigenvalue weighted by Gasteiger charge is -2.11. The van der Waals surface area contributed by atoms with Crippen molar-refractivity contribution in [2.75, 3.05) is 13.2 Å². The Morgan fingerprint density at radius 3 is 2.68 bits per heavy atom. The Bertz CT molecular complexity index is 573. The van der Waals surface area contributed by atoms with E-state index >= 15 is 0 Å². The second kappa shape index (κ2) is 8.94. The Hall–Kier alpha value is -2.21. The molecule has 120 valence electrons. The number of esters is 1. The normalized spacial score (nSPS) is 10.8. The van der Waals surface area contributed by atoms with Crippen molar-refractivity contribution in [3.8, 4) is 5.75 Å². The van der Waals surface area contributed by atoms with Crippen LogP contribution < -0.4 is 15.6 Å². The molecule has 0 aromatic heterocycles. The van der Waals surface area contributed by atoms with Gasteiger partial charge in [-0.05, 0) is 44.5 Å². The Balaban J connectivity index is 2.39. The number of amides is 1. The van der Waals surface area contributed by atoms with E-state index in [1.54, 1.807) is 32.0 Å². The van der Waals surface area contributed by atoms with Crippen molar-refractivity contribution in [2.24, 2.45) is 0 Å². The number of ether oxygens (including phenoxy) is 2. The average molecular weight is 327 g/mol. The van der Waals surface area contributed by atoms with Crippen LogP contribution in [0, 0.1) is 6.92 Å². The molecular weight excluding hydrogens is 308 g/mol. The van der Waals surface area contributed by atoms with Crippen molar-refractivity contribution in [3.63, 3.8) is 0 Å². The van der Waals surface area contributed by atoms with Gasteiger partial charge in [-0.3, -0.25) is 10.2 Å². The van der Waals surface area contributed by atoms with Gasteiger partial charge in [-0.1, -0.05) is 11.6 Å². The maximum Gasteiger partial charge on any atom is 0.332 e. The van der Waals surface area contributed by atoms with Gasteiger partial charge in [-0.2, -0.15) is 0 Å². The first-order valence-electron chi connectivity index (χ1n) is 6.71. The Labute approximate surface area is 134 Å². The van der Waals surface area contributed by atoms with E-state index in [-0.39, 0.29) is 12.5 Å². The molecule has 1 rings (SSSR count). The van der Waals surface area contributed by atoms with E-state index < -0.39 is 5.97 Å². The molecule has 1 aromatic rings. The van der Waals surface area contributed by atoms with Crippen LogP contribution in [-0.2, 0) is 14.3 Å². The monoisotopic (exact) mass is 326 g/mol. The van der Waals surface area contributed by atoms with E-state index in [0.717, 1.165) is 5.56 Å². The molecule has 1 amide bonds. The molecule has 0 radical (unpaired) electrons. The number of rotatable bonds is 7. The number of nitrogens with one attached hydrogen (secondary N) is 2. The third-order valence-corrected chi connectivity index (χ3v) is 2.75. The van der Waals surface area contributed by atoms with Crippen molar-refractivity contribution in [3.05, 3.63) is 40.6 Å². The highest BCUT2D eigenvalue weighted by Crippen LogP contribution is 2.21. The van der Waals surface area contributed by atoms with Crippen molar-refractivity contribution < 1.29 is 19.1 Å². The summed E-state index contributed by atoms with van der Waals surface area (Å²) in [7, 11) is 0. The lowest BCUT2D eigenvalue weighted by atomic mass is 10.2. The fourth-order valence-corrected chi connectivity index (χ4v) is 1.75. The zero-order valence-electron chi connectivity index (χ0n) is 12.7. The van der Waals surface area contributed by atoms with Crippen LogP contribution >= 0.6 is 11.6 Å². The molecule has 7 heteroatoms. The highest BCUT2D eigenvalue weighted by Gasteiger charge is 2.05. The highest BCUT2D eigenvalue weighted by atomic mass is 35.5. The van der Waals surface area contributed by atoms with Crippen LogP contribution in [0.15, 0.2) is 30.0 Å². The van der Waals surface area contributed by atoms with Crippen LogP contribution in [0.3, 0.4) is 0 Å². The number of hydrogen-bond donors (Lipinski definition) is 2. The molecular formula is C15H19ClN2O4. The smallest absolute Gasteiger partial charge is 0.332 e. The molecule has 1 aromatic carbocycles. The number of hydrogen-bond acceptors (Lipinski definition) is 5. The van der Waals surface area contributed by atoms with Gasteiger partial charge in [0.05, 0.1) is 6.61 Å². The minimum absolute atomic E-state index is 0.165. The molecule has 0 aliphatic carbocycles. The number of allylic oxidation sites excluding steroid dienone is 1. The minimum Gasteiger partial charge on any atom is -0.483 e. The highest BCUT2D eigenvalue weighted by molar-refractivity contribution is 6.30. The summed E-state index contributed by atoms with van der Waals surface area (Å²) in [6.45, 7) is 5.31. The number of benzene rings is 1. The van der Waals surface area contributed by atoms with E-state index in [0.29, 0.717) is 23.1 Å². The van der Waals surface area contributed by atoms with Gasteiger partial charge in [0.15, 0.2) is 6.61 Å². The predicted molar refractivity (Wildman–Crippen MR) is 83.4 cm³/mol. The molecule has 6 nitrogen and oxygen atoms in total. The van der Waals surface area contributed by atoms with E-state index in [2.05, 4.69) is 10.9 Å². The van der Waals surface area contributed by atoms with Crippen LogP contribution in [0.25, 0.3) is 0 Å². The van der Waals surface area contributed by atoms with Crippen LogP contribution in [0.2, 0.25) is 5.02 Å². The summed E-state index contributed by atoms with van der Waals surface area (Å²) in [5.41, 5.74) is 6.30. The van der Waals surface area contributed by atoms with Gasteiger partial charge in [0.2, 0.25) is 0 Å². The second-order valence-electron chi connectivity index (χ2n) is 4.45. The van der Waals surface area contributed by atoms with Crippen molar-refractivity contribution in [1.29, 1.82) is 0 Å². The van der Waals surface area contributed by atoms with Crippen molar-refractivity contribution in [2.45, 2.75) is 20.8 Å². The molecule has 2 N–H and O–H groups in total. The molecule has 0 heterocycles. The minimum atomic E-state index is -0.477. The van der Waals surface area contributed by atoms with E-state index in [4.69, 9.17) is 21.1 Å². The Morgan fingerprint density at radius 1 is 1.32 bits per heavy atom. The van der Waals surface area contributed by atoms with Gasteiger partial charge in [0, 0.05) is 16.8 Å². The summed E-state index contributed by atoms with van der Waals surface area (Å²) in [5.74, 6) is -0.279. The van der Waals surface area contributed by atoms with Gasteiger partial charge in [0.1, 0.15) is 5.75 Å². The molecule has 0 aliphatic rings. The SMILES string of the molecule is CCOC(=O)C=C(C)NNC(=O)COc1ccc(Cl)cc1C. The zero-order valence-corrected chi connectivity index (χ0v) is 13.5. The largest absolute Gasteiger partial charge is 0.483 e. The predicted octanol–water partition coefficient (Wildman–Crippen LogP) is 2.11. The van der Waals surface area contributed by atoms with Crippen LogP contribution in [-0.4, -0.2) is 25.1 Å². The number of carbonyl (C=O) groups is 2. The third kappa shape index (κ3) is 6.49.